The van der Waals surface area contributed by atoms with Crippen molar-refractivity contribution in [2.75, 3.05) is 6.61 Å². The predicted molar refractivity (Wildman–Crippen MR) is 162 cm³/mol. The molecule has 1 unspecified atom stereocenters. The fraction of sp³-hybridized carbons (Fsp3) is 0.471. The van der Waals surface area contributed by atoms with Crippen LogP contribution in [0.1, 0.15) is 105 Å². The van der Waals surface area contributed by atoms with Crippen LogP contribution in [0.4, 0.5) is 13.2 Å². The van der Waals surface area contributed by atoms with Gasteiger partial charge in [-0.3, -0.25) is 0 Å². The van der Waals surface area contributed by atoms with Crippen molar-refractivity contribution in [3.63, 3.8) is 0 Å². The van der Waals surface area contributed by atoms with Crippen LogP contribution in [0.2, 0.25) is 0 Å². The molecule has 0 radical (unpaired) electrons. The standard InChI is InChI=1S/C34H41F3N2O5/c1-3-5-7-9-10-12-22-42-28-18-14-25(15-19-28)31-38-23-27(24-39-31)33(41)43-29-20-16-26(17-21-29)32(40)44-30(34(35,36)37)13-11-8-6-4-2/h14-21,23-24,30H,3-13,22H2,1-2H3. The van der Waals surface area contributed by atoms with E-state index in [2.05, 4.69) is 16.9 Å². The maximum Gasteiger partial charge on any atom is 0.425 e. The molecule has 0 amide bonds. The van der Waals surface area contributed by atoms with E-state index in [1.54, 1.807) is 0 Å². The summed E-state index contributed by atoms with van der Waals surface area (Å²) in [5.74, 6) is -0.533. The first kappa shape index (κ1) is 34.5. The van der Waals surface area contributed by atoms with E-state index < -0.39 is 24.2 Å². The molecule has 44 heavy (non-hydrogen) atoms. The Labute approximate surface area is 257 Å². The van der Waals surface area contributed by atoms with Crippen LogP contribution in [0.5, 0.6) is 11.5 Å². The van der Waals surface area contributed by atoms with Gasteiger partial charge < -0.3 is 14.2 Å². The highest BCUT2D eigenvalue weighted by Gasteiger charge is 2.42. The van der Waals surface area contributed by atoms with Gasteiger partial charge in [-0.05, 0) is 67.8 Å². The average molecular weight is 615 g/mol. The SMILES string of the molecule is CCCCCCCCOc1ccc(-c2ncc(C(=O)Oc3ccc(C(=O)OC(CCCCCC)C(F)(F)F)cc3)cn2)cc1. The molecule has 3 rings (SSSR count). The Morgan fingerprint density at radius 1 is 0.705 bits per heavy atom. The third kappa shape index (κ3) is 11.6. The van der Waals surface area contributed by atoms with Crippen LogP contribution in [-0.4, -0.2) is 40.8 Å². The van der Waals surface area contributed by atoms with Gasteiger partial charge in [0.25, 0.3) is 0 Å². The van der Waals surface area contributed by atoms with Crippen LogP contribution in [0.25, 0.3) is 11.4 Å². The Morgan fingerprint density at radius 2 is 1.27 bits per heavy atom. The summed E-state index contributed by atoms with van der Waals surface area (Å²) >= 11 is 0. The van der Waals surface area contributed by atoms with Gasteiger partial charge in [0.05, 0.1) is 17.7 Å². The number of carbonyl (C=O) groups is 2. The van der Waals surface area contributed by atoms with Crippen LogP contribution < -0.4 is 9.47 Å². The molecule has 0 N–H and O–H groups in total. The Balaban J connectivity index is 1.49. The highest BCUT2D eigenvalue weighted by molar-refractivity contribution is 5.91. The minimum atomic E-state index is -4.65. The first-order valence-corrected chi connectivity index (χ1v) is 15.4. The lowest BCUT2D eigenvalue weighted by atomic mass is 10.1. The van der Waals surface area contributed by atoms with Crippen molar-refractivity contribution in [1.29, 1.82) is 0 Å². The minimum absolute atomic E-state index is 0.0841. The zero-order valence-corrected chi connectivity index (χ0v) is 25.4. The molecule has 0 spiro atoms. The Hall–Kier alpha value is -3.95. The molecule has 0 fully saturated rings. The number of hydrogen-bond donors (Lipinski definition) is 0. The molecule has 2 aromatic carbocycles. The number of nitrogens with zero attached hydrogens (tertiary/aromatic N) is 2. The van der Waals surface area contributed by atoms with Gasteiger partial charge in [-0.15, -0.1) is 0 Å². The fourth-order valence-corrected chi connectivity index (χ4v) is 4.42. The number of alkyl halides is 3. The van der Waals surface area contributed by atoms with Crippen molar-refractivity contribution in [1.82, 2.24) is 9.97 Å². The number of hydrogen-bond acceptors (Lipinski definition) is 7. The summed E-state index contributed by atoms with van der Waals surface area (Å²) in [6, 6.07) is 12.5. The lowest BCUT2D eigenvalue weighted by Gasteiger charge is -2.20. The van der Waals surface area contributed by atoms with Crippen molar-refractivity contribution in [3.8, 4) is 22.9 Å². The summed E-state index contributed by atoms with van der Waals surface area (Å²) < 4.78 is 55.9. The van der Waals surface area contributed by atoms with Crippen LogP contribution in [-0.2, 0) is 4.74 Å². The average Bonchev–Trinajstić information content (AvgIpc) is 3.02. The van der Waals surface area contributed by atoms with E-state index in [1.807, 2.05) is 31.2 Å². The van der Waals surface area contributed by atoms with Crippen LogP contribution in [0.3, 0.4) is 0 Å². The number of esters is 2. The highest BCUT2D eigenvalue weighted by Crippen LogP contribution is 2.28. The topological polar surface area (TPSA) is 87.6 Å². The zero-order valence-electron chi connectivity index (χ0n) is 25.4. The quantitative estimate of drug-likeness (QED) is 0.0802. The van der Waals surface area contributed by atoms with Gasteiger partial charge in [0.2, 0.25) is 0 Å². The van der Waals surface area contributed by atoms with E-state index in [9.17, 15) is 22.8 Å². The molecule has 0 aliphatic carbocycles. The largest absolute Gasteiger partial charge is 0.494 e. The number of carbonyl (C=O) groups excluding carboxylic acids is 2. The van der Waals surface area contributed by atoms with Crippen molar-refractivity contribution in [2.24, 2.45) is 0 Å². The molecule has 1 heterocycles. The van der Waals surface area contributed by atoms with Gasteiger partial charge in [-0.1, -0.05) is 65.2 Å². The first-order chi connectivity index (χ1) is 21.2. The molecule has 10 heteroatoms. The second kappa shape index (κ2) is 18.0. The van der Waals surface area contributed by atoms with Gasteiger partial charge >= 0.3 is 18.1 Å². The van der Waals surface area contributed by atoms with E-state index in [0.29, 0.717) is 25.3 Å². The molecular weight excluding hydrogens is 573 g/mol. The van der Waals surface area contributed by atoms with Gasteiger partial charge in [0.1, 0.15) is 11.5 Å². The maximum absolute atomic E-state index is 13.4. The maximum atomic E-state index is 13.4. The molecule has 0 bridgehead atoms. The third-order valence-corrected chi connectivity index (χ3v) is 7.00. The smallest absolute Gasteiger partial charge is 0.425 e. The van der Waals surface area contributed by atoms with Crippen molar-refractivity contribution >= 4 is 11.9 Å². The van der Waals surface area contributed by atoms with Crippen LogP contribution in [0, 0.1) is 0 Å². The first-order valence-electron chi connectivity index (χ1n) is 15.4. The number of unbranched alkanes of at least 4 members (excludes halogenated alkanes) is 8. The molecule has 1 atom stereocenters. The Kier molecular flexibility index (Phi) is 14.1. The summed E-state index contributed by atoms with van der Waals surface area (Å²) in [5.41, 5.74) is 0.777. The van der Waals surface area contributed by atoms with Gasteiger partial charge in [-0.25, -0.2) is 19.6 Å². The van der Waals surface area contributed by atoms with E-state index in [0.717, 1.165) is 37.0 Å². The second-order valence-corrected chi connectivity index (χ2v) is 10.6. The summed E-state index contributed by atoms with van der Waals surface area (Å²) in [7, 11) is 0. The van der Waals surface area contributed by atoms with Crippen molar-refractivity contribution in [3.05, 3.63) is 72.1 Å². The van der Waals surface area contributed by atoms with E-state index in [4.69, 9.17) is 14.2 Å². The number of halogens is 3. The van der Waals surface area contributed by atoms with Gasteiger partial charge in [-0.2, -0.15) is 13.2 Å². The van der Waals surface area contributed by atoms with Gasteiger partial charge in [0.15, 0.2) is 11.9 Å². The fourth-order valence-electron chi connectivity index (χ4n) is 4.42. The Morgan fingerprint density at radius 3 is 1.89 bits per heavy atom. The lowest BCUT2D eigenvalue weighted by Crippen LogP contribution is -2.33. The van der Waals surface area contributed by atoms with E-state index in [-0.39, 0.29) is 23.3 Å². The summed E-state index contributed by atoms with van der Waals surface area (Å²) in [6.07, 6.45) is 5.41. The van der Waals surface area contributed by atoms with Crippen LogP contribution >= 0.6 is 0 Å². The molecule has 0 saturated carbocycles. The lowest BCUT2D eigenvalue weighted by molar-refractivity contribution is -0.206. The summed E-state index contributed by atoms with van der Waals surface area (Å²) in [6.45, 7) is 4.83. The Bertz CT molecular complexity index is 1280. The number of ether oxygens (including phenoxy) is 3. The molecule has 3 aromatic rings. The van der Waals surface area contributed by atoms with Crippen LogP contribution in [0.15, 0.2) is 60.9 Å². The summed E-state index contributed by atoms with van der Waals surface area (Å²) in [4.78, 5) is 33.5. The number of benzene rings is 2. The number of aromatic nitrogens is 2. The molecule has 0 aliphatic rings. The second-order valence-electron chi connectivity index (χ2n) is 10.6. The van der Waals surface area contributed by atoms with Gasteiger partial charge in [0, 0.05) is 18.0 Å². The molecular formula is C34H41F3N2O5. The monoisotopic (exact) mass is 614 g/mol. The molecule has 0 saturated heterocycles. The highest BCUT2D eigenvalue weighted by atomic mass is 19.4. The zero-order chi connectivity index (χ0) is 31.8. The van der Waals surface area contributed by atoms with E-state index in [1.165, 1.54) is 62.3 Å². The third-order valence-electron chi connectivity index (χ3n) is 7.00. The van der Waals surface area contributed by atoms with Crippen molar-refractivity contribution in [2.45, 2.75) is 96.8 Å². The normalized spacial score (nSPS) is 12.0. The van der Waals surface area contributed by atoms with Crippen molar-refractivity contribution < 1.29 is 37.0 Å². The number of rotatable bonds is 18. The minimum Gasteiger partial charge on any atom is -0.494 e. The molecule has 7 nitrogen and oxygen atoms in total. The van der Waals surface area contributed by atoms with E-state index >= 15 is 0 Å². The molecule has 1 aromatic heterocycles. The molecule has 238 valence electrons. The predicted octanol–water partition coefficient (Wildman–Crippen LogP) is 9.16. The summed E-state index contributed by atoms with van der Waals surface area (Å²) in [5, 5.41) is 0. The molecule has 0 aliphatic heterocycles.